The number of rotatable bonds is 5. The second kappa shape index (κ2) is 5.23. The van der Waals surface area contributed by atoms with Gasteiger partial charge in [-0.1, -0.05) is 13.8 Å². The second-order valence-corrected chi connectivity index (χ2v) is 2.36. The van der Waals surface area contributed by atoms with Gasteiger partial charge in [0, 0.05) is 6.04 Å². The molecule has 0 aliphatic heterocycles. The molecule has 3 nitrogen and oxygen atoms in total. The Kier molecular flexibility index (Phi) is 4.94. The molecule has 0 aromatic rings. The van der Waals surface area contributed by atoms with Crippen LogP contribution in [0.2, 0.25) is 0 Å². The molecular weight excluding hydrogens is 128 g/mol. The van der Waals surface area contributed by atoms with Gasteiger partial charge in [-0.05, 0) is 12.8 Å². The predicted molar refractivity (Wildman–Crippen MR) is 41.6 cm³/mol. The number of amides is 1. The van der Waals surface area contributed by atoms with Gasteiger partial charge in [0.2, 0.25) is 5.91 Å². The monoisotopic (exact) mass is 144 g/mol. The molecule has 0 aromatic carbocycles. The summed E-state index contributed by atoms with van der Waals surface area (Å²) in [6.45, 7) is 4.47. The molecule has 10 heavy (non-hydrogen) atoms. The third-order valence-corrected chi connectivity index (χ3v) is 1.55. The zero-order chi connectivity index (χ0) is 7.98. The van der Waals surface area contributed by atoms with Crippen LogP contribution >= 0.6 is 0 Å². The molecule has 0 saturated carbocycles. The Bertz CT molecular complexity index is 99.8. The van der Waals surface area contributed by atoms with Gasteiger partial charge in [-0.25, -0.2) is 0 Å². The molecule has 0 aromatic heterocycles. The normalized spacial score (nSPS) is 10.3. The van der Waals surface area contributed by atoms with Gasteiger partial charge in [-0.2, -0.15) is 0 Å². The van der Waals surface area contributed by atoms with Crippen molar-refractivity contribution in [3.8, 4) is 0 Å². The quantitative estimate of drug-likeness (QED) is 0.581. The number of nitrogens with one attached hydrogen (secondary N) is 1. The highest BCUT2D eigenvalue weighted by molar-refractivity contribution is 5.75. The number of primary amides is 1. The van der Waals surface area contributed by atoms with Crippen LogP contribution in [0.25, 0.3) is 0 Å². The molecule has 0 radical (unpaired) electrons. The zero-order valence-corrected chi connectivity index (χ0v) is 6.68. The van der Waals surface area contributed by atoms with E-state index in [-0.39, 0.29) is 5.91 Å². The smallest absolute Gasteiger partial charge is 0.231 e. The van der Waals surface area contributed by atoms with Crippen LogP contribution in [0.5, 0.6) is 0 Å². The molecule has 0 fully saturated rings. The molecule has 0 bridgehead atoms. The summed E-state index contributed by atoms with van der Waals surface area (Å²) in [5.41, 5.74) is 4.95. The number of nitrogens with two attached hydrogens (primary N) is 1. The Hall–Kier alpha value is -0.570. The highest BCUT2D eigenvalue weighted by atomic mass is 16.1. The van der Waals surface area contributed by atoms with Crippen molar-refractivity contribution in [3.05, 3.63) is 0 Å². The van der Waals surface area contributed by atoms with Crippen molar-refractivity contribution in [2.24, 2.45) is 5.73 Å². The van der Waals surface area contributed by atoms with Crippen molar-refractivity contribution in [2.45, 2.75) is 32.7 Å². The van der Waals surface area contributed by atoms with Crippen molar-refractivity contribution in [2.75, 3.05) is 6.54 Å². The molecule has 1 amide bonds. The molecule has 0 heterocycles. The molecule has 0 rings (SSSR count). The van der Waals surface area contributed by atoms with E-state index in [9.17, 15) is 4.79 Å². The van der Waals surface area contributed by atoms with Gasteiger partial charge < -0.3 is 11.1 Å². The van der Waals surface area contributed by atoms with Crippen LogP contribution in [0, 0.1) is 0 Å². The van der Waals surface area contributed by atoms with Crippen LogP contribution in [-0.4, -0.2) is 18.5 Å². The summed E-state index contributed by atoms with van der Waals surface area (Å²) < 4.78 is 0. The first-order valence-corrected chi connectivity index (χ1v) is 3.72. The highest BCUT2D eigenvalue weighted by Crippen LogP contribution is 1.93. The maximum Gasteiger partial charge on any atom is 0.231 e. The van der Waals surface area contributed by atoms with Crippen molar-refractivity contribution in [1.82, 2.24) is 5.32 Å². The average Bonchev–Trinajstić information content (AvgIpc) is 1.90. The summed E-state index contributed by atoms with van der Waals surface area (Å²) in [6, 6.07) is 0.437. The molecular formula is C7H16N2O. The standard InChI is InChI=1S/C7H16N2O/c1-3-6(4-2)9-5-7(8)10/h6,9H,3-5H2,1-2H3,(H2,8,10). The van der Waals surface area contributed by atoms with E-state index in [4.69, 9.17) is 5.73 Å². The minimum absolute atomic E-state index is 0.285. The van der Waals surface area contributed by atoms with E-state index >= 15 is 0 Å². The van der Waals surface area contributed by atoms with Crippen LogP contribution < -0.4 is 11.1 Å². The molecule has 0 aliphatic rings. The lowest BCUT2D eigenvalue weighted by molar-refractivity contribution is -0.117. The zero-order valence-electron chi connectivity index (χ0n) is 6.68. The lowest BCUT2D eigenvalue weighted by Crippen LogP contribution is -2.35. The molecule has 0 saturated heterocycles. The molecule has 60 valence electrons. The van der Waals surface area contributed by atoms with Crippen LogP contribution in [-0.2, 0) is 4.79 Å². The highest BCUT2D eigenvalue weighted by Gasteiger charge is 2.02. The van der Waals surface area contributed by atoms with E-state index in [2.05, 4.69) is 19.2 Å². The minimum atomic E-state index is -0.285. The Morgan fingerprint density at radius 1 is 1.50 bits per heavy atom. The molecule has 0 aliphatic carbocycles. The Balaban J connectivity index is 3.34. The van der Waals surface area contributed by atoms with Gasteiger partial charge in [0.25, 0.3) is 0 Å². The largest absolute Gasteiger partial charge is 0.369 e. The summed E-state index contributed by atoms with van der Waals surface area (Å²) in [6.07, 6.45) is 2.09. The third-order valence-electron chi connectivity index (χ3n) is 1.55. The summed E-state index contributed by atoms with van der Waals surface area (Å²) in [7, 11) is 0. The van der Waals surface area contributed by atoms with Gasteiger partial charge in [-0.15, -0.1) is 0 Å². The lowest BCUT2D eigenvalue weighted by atomic mass is 10.2. The van der Waals surface area contributed by atoms with Crippen LogP contribution in [0.4, 0.5) is 0 Å². The van der Waals surface area contributed by atoms with Crippen molar-refractivity contribution in [3.63, 3.8) is 0 Å². The van der Waals surface area contributed by atoms with Crippen molar-refractivity contribution < 1.29 is 4.79 Å². The van der Waals surface area contributed by atoms with E-state index in [1.807, 2.05) is 0 Å². The first-order chi connectivity index (χ1) is 4.70. The van der Waals surface area contributed by atoms with Crippen molar-refractivity contribution in [1.29, 1.82) is 0 Å². The van der Waals surface area contributed by atoms with E-state index in [1.54, 1.807) is 0 Å². The maximum absolute atomic E-state index is 10.3. The third kappa shape index (κ3) is 4.32. The van der Waals surface area contributed by atoms with Crippen LogP contribution in [0.3, 0.4) is 0 Å². The SMILES string of the molecule is CCC(CC)NCC(N)=O. The molecule has 3 heteroatoms. The minimum Gasteiger partial charge on any atom is -0.369 e. The van der Waals surface area contributed by atoms with Gasteiger partial charge in [-0.3, -0.25) is 4.79 Å². The fourth-order valence-electron chi connectivity index (χ4n) is 0.822. The molecule has 0 atom stereocenters. The fraction of sp³-hybridized carbons (Fsp3) is 0.857. The van der Waals surface area contributed by atoms with Crippen LogP contribution in [0.1, 0.15) is 26.7 Å². The average molecular weight is 144 g/mol. The van der Waals surface area contributed by atoms with Crippen molar-refractivity contribution >= 4 is 5.91 Å². The van der Waals surface area contributed by atoms with Gasteiger partial charge in [0.1, 0.15) is 0 Å². The first-order valence-electron chi connectivity index (χ1n) is 3.72. The molecule has 3 N–H and O–H groups in total. The molecule has 0 spiro atoms. The number of hydrogen-bond acceptors (Lipinski definition) is 2. The number of carbonyl (C=O) groups excluding carboxylic acids is 1. The summed E-state index contributed by atoms with van der Waals surface area (Å²) in [4.78, 5) is 10.3. The van der Waals surface area contributed by atoms with Gasteiger partial charge in [0.05, 0.1) is 6.54 Å². The fourth-order valence-corrected chi connectivity index (χ4v) is 0.822. The van der Waals surface area contributed by atoms with E-state index in [1.165, 1.54) is 0 Å². The Morgan fingerprint density at radius 2 is 2.00 bits per heavy atom. The maximum atomic E-state index is 10.3. The van der Waals surface area contributed by atoms with E-state index in [0.717, 1.165) is 12.8 Å². The topological polar surface area (TPSA) is 55.1 Å². The Morgan fingerprint density at radius 3 is 2.30 bits per heavy atom. The summed E-state index contributed by atoms with van der Waals surface area (Å²) in [5.74, 6) is -0.285. The van der Waals surface area contributed by atoms with Gasteiger partial charge >= 0.3 is 0 Å². The van der Waals surface area contributed by atoms with E-state index in [0.29, 0.717) is 12.6 Å². The predicted octanol–water partition coefficient (Wildman–Crippen LogP) is 0.250. The summed E-state index contributed by atoms with van der Waals surface area (Å²) in [5, 5.41) is 3.04. The lowest BCUT2D eigenvalue weighted by Gasteiger charge is -2.12. The number of hydrogen-bond donors (Lipinski definition) is 2. The molecule has 0 unspecified atom stereocenters. The second-order valence-electron chi connectivity index (χ2n) is 2.36. The van der Waals surface area contributed by atoms with Gasteiger partial charge in [0.15, 0.2) is 0 Å². The van der Waals surface area contributed by atoms with Crippen LogP contribution in [0.15, 0.2) is 0 Å². The number of carbonyl (C=O) groups is 1. The van der Waals surface area contributed by atoms with E-state index < -0.39 is 0 Å². The Labute approximate surface area is 62.0 Å². The summed E-state index contributed by atoms with van der Waals surface area (Å²) >= 11 is 0. The first kappa shape index (κ1) is 9.43.